The third-order valence-corrected chi connectivity index (χ3v) is 3.69. The summed E-state index contributed by atoms with van der Waals surface area (Å²) in [6.07, 6.45) is 0. The molecule has 0 saturated heterocycles. The van der Waals surface area contributed by atoms with Gasteiger partial charge in [0.25, 0.3) is 0 Å². The SMILES string of the molecule is COc1ccc(Cl)cc1NCC(=O)Nc1c(Cl)cccc1Cl. The fourth-order valence-corrected chi connectivity index (χ4v) is 2.46. The van der Waals surface area contributed by atoms with Gasteiger partial charge in [0.15, 0.2) is 0 Å². The molecule has 0 aliphatic heterocycles. The summed E-state index contributed by atoms with van der Waals surface area (Å²) in [4.78, 5) is 12.0. The Bertz CT molecular complexity index is 672. The van der Waals surface area contributed by atoms with E-state index in [1.807, 2.05) is 0 Å². The van der Waals surface area contributed by atoms with Crippen LogP contribution >= 0.6 is 34.8 Å². The van der Waals surface area contributed by atoms with Gasteiger partial charge in [0.1, 0.15) is 5.75 Å². The Morgan fingerprint density at radius 1 is 1.14 bits per heavy atom. The van der Waals surface area contributed by atoms with Crippen molar-refractivity contribution in [2.24, 2.45) is 0 Å². The summed E-state index contributed by atoms with van der Waals surface area (Å²) < 4.78 is 5.19. The first kappa shape index (κ1) is 16.7. The highest BCUT2D eigenvalue weighted by Gasteiger charge is 2.10. The molecule has 2 rings (SSSR count). The average molecular weight is 360 g/mol. The molecule has 0 unspecified atom stereocenters. The fraction of sp³-hybridized carbons (Fsp3) is 0.133. The Balaban J connectivity index is 2.03. The van der Waals surface area contributed by atoms with Crippen LogP contribution in [0.5, 0.6) is 5.75 Å². The lowest BCUT2D eigenvalue weighted by Gasteiger charge is -2.13. The molecule has 0 bridgehead atoms. The number of amides is 1. The van der Waals surface area contributed by atoms with Gasteiger partial charge >= 0.3 is 0 Å². The largest absolute Gasteiger partial charge is 0.495 e. The number of anilines is 2. The van der Waals surface area contributed by atoms with Crippen molar-refractivity contribution in [1.29, 1.82) is 0 Å². The summed E-state index contributed by atoms with van der Waals surface area (Å²) in [5.74, 6) is 0.296. The number of ether oxygens (including phenoxy) is 1. The van der Waals surface area contributed by atoms with E-state index in [-0.39, 0.29) is 12.5 Å². The van der Waals surface area contributed by atoms with Crippen LogP contribution in [-0.4, -0.2) is 19.6 Å². The number of para-hydroxylation sites is 1. The van der Waals surface area contributed by atoms with Crippen molar-refractivity contribution in [2.75, 3.05) is 24.3 Å². The lowest BCUT2D eigenvalue weighted by Crippen LogP contribution is -2.22. The first-order valence-corrected chi connectivity index (χ1v) is 7.46. The van der Waals surface area contributed by atoms with E-state index >= 15 is 0 Å². The van der Waals surface area contributed by atoms with Gasteiger partial charge in [0.2, 0.25) is 5.91 Å². The Hall–Kier alpha value is -1.62. The molecule has 0 heterocycles. The molecule has 2 aromatic rings. The van der Waals surface area contributed by atoms with E-state index in [0.717, 1.165) is 0 Å². The van der Waals surface area contributed by atoms with Crippen LogP contribution in [0, 0.1) is 0 Å². The molecular formula is C15H13Cl3N2O2. The minimum atomic E-state index is -0.294. The van der Waals surface area contributed by atoms with Crippen LogP contribution in [0.15, 0.2) is 36.4 Å². The van der Waals surface area contributed by atoms with Crippen molar-refractivity contribution in [3.8, 4) is 5.75 Å². The maximum Gasteiger partial charge on any atom is 0.243 e. The number of methoxy groups -OCH3 is 1. The summed E-state index contributed by atoms with van der Waals surface area (Å²) in [6.45, 7) is 0.0122. The maximum absolute atomic E-state index is 12.0. The molecule has 0 aromatic heterocycles. The highest BCUT2D eigenvalue weighted by atomic mass is 35.5. The minimum Gasteiger partial charge on any atom is -0.495 e. The highest BCUT2D eigenvalue weighted by molar-refractivity contribution is 6.39. The van der Waals surface area contributed by atoms with Crippen molar-refractivity contribution in [3.63, 3.8) is 0 Å². The Labute approximate surface area is 143 Å². The van der Waals surface area contributed by atoms with Gasteiger partial charge in [-0.15, -0.1) is 0 Å². The number of halogens is 3. The third kappa shape index (κ3) is 4.19. The number of carbonyl (C=O) groups excluding carboxylic acids is 1. The maximum atomic E-state index is 12.0. The predicted molar refractivity (Wildman–Crippen MR) is 91.6 cm³/mol. The molecule has 0 fully saturated rings. The molecular weight excluding hydrogens is 347 g/mol. The first-order valence-electron chi connectivity index (χ1n) is 6.32. The van der Waals surface area contributed by atoms with E-state index in [0.29, 0.717) is 32.2 Å². The average Bonchev–Trinajstić information content (AvgIpc) is 2.49. The second-order valence-electron chi connectivity index (χ2n) is 4.34. The second-order valence-corrected chi connectivity index (χ2v) is 5.59. The van der Waals surface area contributed by atoms with Gasteiger partial charge in [-0.3, -0.25) is 4.79 Å². The molecule has 22 heavy (non-hydrogen) atoms. The predicted octanol–water partition coefficient (Wildman–Crippen LogP) is 4.71. The molecule has 7 heteroatoms. The van der Waals surface area contributed by atoms with E-state index in [1.54, 1.807) is 36.4 Å². The zero-order valence-corrected chi connectivity index (χ0v) is 13.9. The molecule has 2 aromatic carbocycles. The molecule has 0 aliphatic rings. The van der Waals surface area contributed by atoms with E-state index < -0.39 is 0 Å². The molecule has 0 atom stereocenters. The van der Waals surface area contributed by atoms with Crippen LogP contribution in [-0.2, 0) is 4.79 Å². The van der Waals surface area contributed by atoms with Gasteiger partial charge in [-0.25, -0.2) is 0 Å². The topological polar surface area (TPSA) is 50.4 Å². The van der Waals surface area contributed by atoms with Gasteiger partial charge < -0.3 is 15.4 Å². The van der Waals surface area contributed by atoms with Crippen molar-refractivity contribution < 1.29 is 9.53 Å². The van der Waals surface area contributed by atoms with Crippen LogP contribution in [0.1, 0.15) is 0 Å². The van der Waals surface area contributed by atoms with E-state index in [4.69, 9.17) is 39.5 Å². The smallest absolute Gasteiger partial charge is 0.243 e. The monoisotopic (exact) mass is 358 g/mol. The van der Waals surface area contributed by atoms with E-state index in [9.17, 15) is 4.79 Å². The molecule has 4 nitrogen and oxygen atoms in total. The van der Waals surface area contributed by atoms with Crippen LogP contribution < -0.4 is 15.4 Å². The standard InChI is InChI=1S/C15H13Cl3N2O2/c1-22-13-6-5-9(16)7-12(13)19-8-14(21)20-15-10(17)3-2-4-11(15)18/h2-7,19H,8H2,1H3,(H,20,21). The minimum absolute atomic E-state index is 0.0122. The second kappa shape index (κ2) is 7.58. The molecule has 0 saturated carbocycles. The quantitative estimate of drug-likeness (QED) is 0.813. The zero-order chi connectivity index (χ0) is 16.1. The number of hydrogen-bond donors (Lipinski definition) is 2. The lowest BCUT2D eigenvalue weighted by atomic mass is 10.3. The highest BCUT2D eigenvalue weighted by Crippen LogP contribution is 2.30. The molecule has 0 radical (unpaired) electrons. The normalized spacial score (nSPS) is 10.2. The van der Waals surface area contributed by atoms with Gasteiger partial charge in [-0.2, -0.15) is 0 Å². The van der Waals surface area contributed by atoms with Gasteiger partial charge in [-0.05, 0) is 30.3 Å². The van der Waals surface area contributed by atoms with Gasteiger partial charge in [0, 0.05) is 5.02 Å². The Morgan fingerprint density at radius 3 is 2.45 bits per heavy atom. The van der Waals surface area contributed by atoms with Crippen molar-refractivity contribution in [3.05, 3.63) is 51.5 Å². The van der Waals surface area contributed by atoms with Crippen molar-refractivity contribution >= 4 is 52.1 Å². The van der Waals surface area contributed by atoms with Crippen molar-refractivity contribution in [1.82, 2.24) is 0 Å². The van der Waals surface area contributed by atoms with Crippen LogP contribution in [0.25, 0.3) is 0 Å². The van der Waals surface area contributed by atoms with Gasteiger partial charge in [-0.1, -0.05) is 40.9 Å². The molecule has 0 aliphatic carbocycles. The molecule has 1 amide bonds. The van der Waals surface area contributed by atoms with E-state index in [2.05, 4.69) is 10.6 Å². The van der Waals surface area contributed by atoms with Crippen LogP contribution in [0.2, 0.25) is 15.1 Å². The number of nitrogens with one attached hydrogen (secondary N) is 2. The van der Waals surface area contributed by atoms with E-state index in [1.165, 1.54) is 7.11 Å². The summed E-state index contributed by atoms with van der Waals surface area (Å²) >= 11 is 17.9. The number of benzene rings is 2. The summed E-state index contributed by atoms with van der Waals surface area (Å²) in [7, 11) is 1.54. The molecule has 2 N–H and O–H groups in total. The summed E-state index contributed by atoms with van der Waals surface area (Å²) in [5.41, 5.74) is 1.01. The van der Waals surface area contributed by atoms with Crippen LogP contribution in [0.3, 0.4) is 0 Å². The van der Waals surface area contributed by atoms with Crippen LogP contribution in [0.4, 0.5) is 11.4 Å². The molecule has 116 valence electrons. The Kier molecular flexibility index (Phi) is 5.77. The lowest BCUT2D eigenvalue weighted by molar-refractivity contribution is -0.114. The van der Waals surface area contributed by atoms with Gasteiger partial charge in [0.05, 0.1) is 35.1 Å². The number of carbonyl (C=O) groups is 1. The molecule has 0 spiro atoms. The zero-order valence-electron chi connectivity index (χ0n) is 11.6. The van der Waals surface area contributed by atoms with Crippen molar-refractivity contribution in [2.45, 2.75) is 0 Å². The summed E-state index contributed by atoms with van der Waals surface area (Å²) in [6, 6.07) is 10.1. The fourth-order valence-electron chi connectivity index (χ4n) is 1.79. The summed E-state index contributed by atoms with van der Waals surface area (Å²) in [5, 5.41) is 6.91. The third-order valence-electron chi connectivity index (χ3n) is 2.83. The Morgan fingerprint density at radius 2 is 1.82 bits per heavy atom. The number of hydrogen-bond acceptors (Lipinski definition) is 3. The number of rotatable bonds is 5. The first-order chi connectivity index (χ1) is 10.5.